The van der Waals surface area contributed by atoms with Gasteiger partial charge in [-0.25, -0.2) is 0 Å². The van der Waals surface area contributed by atoms with Crippen LogP contribution in [0.5, 0.6) is 5.75 Å². The van der Waals surface area contributed by atoms with E-state index in [-0.39, 0.29) is 11.8 Å². The molecule has 0 radical (unpaired) electrons. The number of rotatable bonds is 6. The SMILES string of the molecule is C=C(Cl)CNC(C)c1cccc(OC(F)F)c1. The highest BCUT2D eigenvalue weighted by atomic mass is 35.5. The van der Waals surface area contributed by atoms with Crippen LogP contribution in [0.3, 0.4) is 0 Å². The van der Waals surface area contributed by atoms with Crippen molar-refractivity contribution in [3.05, 3.63) is 41.4 Å². The summed E-state index contributed by atoms with van der Waals surface area (Å²) < 4.78 is 28.4. The van der Waals surface area contributed by atoms with Gasteiger partial charge in [-0.15, -0.1) is 0 Å². The monoisotopic (exact) mass is 261 g/mol. The third kappa shape index (κ3) is 5.15. The quantitative estimate of drug-likeness (QED) is 0.843. The summed E-state index contributed by atoms with van der Waals surface area (Å²) in [5, 5.41) is 3.60. The molecule has 1 unspecified atom stereocenters. The highest BCUT2D eigenvalue weighted by molar-refractivity contribution is 6.29. The molecule has 0 aliphatic heterocycles. The van der Waals surface area contributed by atoms with Gasteiger partial charge in [-0.1, -0.05) is 30.3 Å². The Bertz CT molecular complexity index is 385. The third-order valence-electron chi connectivity index (χ3n) is 2.18. The molecule has 94 valence electrons. The minimum absolute atomic E-state index is 0.0216. The second kappa shape index (κ2) is 6.57. The van der Waals surface area contributed by atoms with Gasteiger partial charge in [0.1, 0.15) is 5.75 Å². The Morgan fingerprint density at radius 2 is 2.24 bits per heavy atom. The number of benzene rings is 1. The summed E-state index contributed by atoms with van der Waals surface area (Å²) in [5.41, 5.74) is 0.848. The summed E-state index contributed by atoms with van der Waals surface area (Å²) in [6.07, 6.45) is 0. The molecule has 0 heterocycles. The molecule has 0 aliphatic rings. The number of hydrogen-bond acceptors (Lipinski definition) is 2. The lowest BCUT2D eigenvalue weighted by atomic mass is 10.1. The molecule has 2 nitrogen and oxygen atoms in total. The molecule has 0 bridgehead atoms. The zero-order valence-corrected chi connectivity index (χ0v) is 10.2. The van der Waals surface area contributed by atoms with E-state index in [0.717, 1.165) is 5.56 Å². The van der Waals surface area contributed by atoms with Crippen molar-refractivity contribution < 1.29 is 13.5 Å². The van der Waals surface area contributed by atoms with Gasteiger partial charge in [-0.3, -0.25) is 0 Å². The molecule has 0 aliphatic carbocycles. The van der Waals surface area contributed by atoms with Gasteiger partial charge >= 0.3 is 6.61 Å². The molecule has 0 saturated carbocycles. The molecular weight excluding hydrogens is 248 g/mol. The molecule has 0 saturated heterocycles. The topological polar surface area (TPSA) is 21.3 Å². The Balaban J connectivity index is 2.66. The first kappa shape index (κ1) is 13.9. The zero-order valence-electron chi connectivity index (χ0n) is 9.42. The first-order chi connectivity index (χ1) is 7.99. The van der Waals surface area contributed by atoms with E-state index >= 15 is 0 Å². The van der Waals surface area contributed by atoms with E-state index < -0.39 is 6.61 Å². The average Bonchev–Trinajstić information content (AvgIpc) is 2.25. The second-order valence-electron chi connectivity index (χ2n) is 3.57. The van der Waals surface area contributed by atoms with E-state index in [4.69, 9.17) is 11.6 Å². The van der Waals surface area contributed by atoms with Crippen LogP contribution in [-0.2, 0) is 0 Å². The van der Waals surface area contributed by atoms with Gasteiger partial charge in [0.2, 0.25) is 0 Å². The minimum atomic E-state index is -2.81. The van der Waals surface area contributed by atoms with Crippen molar-refractivity contribution in [1.82, 2.24) is 5.32 Å². The maximum Gasteiger partial charge on any atom is 0.387 e. The average molecular weight is 262 g/mol. The lowest BCUT2D eigenvalue weighted by molar-refractivity contribution is -0.0499. The molecule has 0 fully saturated rings. The van der Waals surface area contributed by atoms with E-state index in [1.54, 1.807) is 12.1 Å². The maximum atomic E-state index is 12.0. The Morgan fingerprint density at radius 1 is 1.53 bits per heavy atom. The van der Waals surface area contributed by atoms with Gasteiger partial charge in [-0.2, -0.15) is 8.78 Å². The van der Waals surface area contributed by atoms with Crippen molar-refractivity contribution in [2.75, 3.05) is 6.54 Å². The van der Waals surface area contributed by atoms with Crippen LogP contribution in [-0.4, -0.2) is 13.2 Å². The van der Waals surface area contributed by atoms with Crippen LogP contribution in [0.25, 0.3) is 0 Å². The fourth-order valence-corrected chi connectivity index (χ4v) is 1.42. The predicted octanol–water partition coefficient (Wildman–Crippen LogP) is 3.69. The van der Waals surface area contributed by atoms with Crippen molar-refractivity contribution in [1.29, 1.82) is 0 Å². The van der Waals surface area contributed by atoms with Crippen molar-refractivity contribution in [3.8, 4) is 5.75 Å². The van der Waals surface area contributed by atoms with Crippen LogP contribution in [0, 0.1) is 0 Å². The smallest absolute Gasteiger partial charge is 0.387 e. The summed E-state index contributed by atoms with van der Waals surface area (Å²) in [6, 6.07) is 6.53. The molecular formula is C12H14ClF2NO. The number of hydrogen-bond donors (Lipinski definition) is 1. The summed E-state index contributed by atoms with van der Waals surface area (Å²) >= 11 is 5.63. The second-order valence-corrected chi connectivity index (χ2v) is 4.11. The normalized spacial score (nSPS) is 12.5. The van der Waals surface area contributed by atoms with Gasteiger partial charge in [0.05, 0.1) is 0 Å². The number of ether oxygens (including phenoxy) is 1. The fourth-order valence-electron chi connectivity index (χ4n) is 1.34. The number of halogens is 3. The molecule has 1 atom stereocenters. The predicted molar refractivity (Wildman–Crippen MR) is 64.5 cm³/mol. The first-order valence-electron chi connectivity index (χ1n) is 5.10. The van der Waals surface area contributed by atoms with Gasteiger partial charge in [0.25, 0.3) is 0 Å². The fraction of sp³-hybridized carbons (Fsp3) is 0.333. The third-order valence-corrected chi connectivity index (χ3v) is 2.32. The molecule has 1 N–H and O–H groups in total. The Labute approximate surface area is 104 Å². The van der Waals surface area contributed by atoms with Crippen LogP contribution >= 0.6 is 11.6 Å². The standard InChI is InChI=1S/C12H14ClF2NO/c1-8(13)7-16-9(2)10-4-3-5-11(6-10)17-12(14)15/h3-6,9,12,16H,1,7H2,2H3. The van der Waals surface area contributed by atoms with Gasteiger partial charge in [-0.05, 0) is 24.6 Å². The minimum Gasteiger partial charge on any atom is -0.435 e. The van der Waals surface area contributed by atoms with E-state index in [2.05, 4.69) is 16.6 Å². The van der Waals surface area contributed by atoms with Crippen LogP contribution in [0.15, 0.2) is 35.9 Å². The number of alkyl halides is 2. The lowest BCUT2D eigenvalue weighted by Gasteiger charge is -2.15. The molecule has 5 heteroatoms. The molecule has 0 aromatic heterocycles. The summed E-state index contributed by atoms with van der Waals surface area (Å²) in [7, 11) is 0. The van der Waals surface area contributed by atoms with Crippen LogP contribution in [0.1, 0.15) is 18.5 Å². The Kier molecular flexibility index (Phi) is 5.38. The van der Waals surface area contributed by atoms with Crippen LogP contribution in [0.2, 0.25) is 0 Å². The van der Waals surface area contributed by atoms with E-state index in [1.807, 2.05) is 13.0 Å². The molecule has 1 rings (SSSR count). The summed E-state index contributed by atoms with van der Waals surface area (Å²) in [5.74, 6) is 0.149. The number of nitrogens with one attached hydrogen (secondary N) is 1. The van der Waals surface area contributed by atoms with Gasteiger partial charge < -0.3 is 10.1 Å². The largest absolute Gasteiger partial charge is 0.435 e. The van der Waals surface area contributed by atoms with E-state index in [1.165, 1.54) is 6.07 Å². The molecule has 0 amide bonds. The summed E-state index contributed by atoms with van der Waals surface area (Å²) in [4.78, 5) is 0. The zero-order chi connectivity index (χ0) is 12.8. The highest BCUT2D eigenvalue weighted by Gasteiger charge is 2.08. The summed E-state index contributed by atoms with van der Waals surface area (Å²) in [6.45, 7) is 3.11. The van der Waals surface area contributed by atoms with E-state index in [9.17, 15) is 8.78 Å². The van der Waals surface area contributed by atoms with E-state index in [0.29, 0.717) is 11.6 Å². The molecule has 1 aromatic carbocycles. The molecule has 17 heavy (non-hydrogen) atoms. The van der Waals surface area contributed by atoms with Crippen molar-refractivity contribution in [3.63, 3.8) is 0 Å². The maximum absolute atomic E-state index is 12.0. The van der Waals surface area contributed by atoms with Crippen LogP contribution < -0.4 is 10.1 Å². The molecule has 1 aromatic rings. The van der Waals surface area contributed by atoms with Crippen molar-refractivity contribution in [2.24, 2.45) is 0 Å². The van der Waals surface area contributed by atoms with Gasteiger partial charge in [0.15, 0.2) is 0 Å². The van der Waals surface area contributed by atoms with Gasteiger partial charge in [0, 0.05) is 17.6 Å². The van der Waals surface area contributed by atoms with Crippen molar-refractivity contribution >= 4 is 11.6 Å². The van der Waals surface area contributed by atoms with Crippen molar-refractivity contribution in [2.45, 2.75) is 19.6 Å². The Hall–Kier alpha value is -1.13. The Morgan fingerprint density at radius 3 is 2.82 bits per heavy atom. The first-order valence-corrected chi connectivity index (χ1v) is 5.48. The lowest BCUT2D eigenvalue weighted by Crippen LogP contribution is -2.19. The molecule has 0 spiro atoms. The van der Waals surface area contributed by atoms with Crippen LogP contribution in [0.4, 0.5) is 8.78 Å². The highest BCUT2D eigenvalue weighted by Crippen LogP contribution is 2.20.